The predicted octanol–water partition coefficient (Wildman–Crippen LogP) is 0.552. The summed E-state index contributed by atoms with van der Waals surface area (Å²) < 4.78 is 4.34. The van der Waals surface area contributed by atoms with E-state index in [4.69, 9.17) is 0 Å². The number of esters is 1. The minimum Gasteiger partial charge on any atom is -0.469 e. The number of aliphatic hydroxyl groups is 2. The number of nitrogens with zero attached hydrogens (tertiary/aromatic N) is 1. The van der Waals surface area contributed by atoms with Crippen LogP contribution in [-0.2, 0) is 9.53 Å². The molecular weight excluding hydrogens is 242 g/mol. The first-order valence-corrected chi connectivity index (χ1v) is 5.13. The zero-order chi connectivity index (χ0) is 13.7. The van der Waals surface area contributed by atoms with Gasteiger partial charge >= 0.3 is 5.97 Å². The summed E-state index contributed by atoms with van der Waals surface area (Å²) in [6.45, 7) is 0. The number of hydrogen-bond acceptors (Lipinski definition) is 6. The highest BCUT2D eigenvalue weighted by Crippen LogP contribution is 2.27. The fraction of sp³-hybridized carbons (Fsp3) is 0.364. The van der Waals surface area contributed by atoms with Gasteiger partial charge in [0.05, 0.1) is 30.1 Å². The molecular formula is C11H13NO6. The lowest BCUT2D eigenvalue weighted by Gasteiger charge is -2.16. The highest BCUT2D eigenvalue weighted by atomic mass is 16.6. The van der Waals surface area contributed by atoms with Crippen molar-refractivity contribution in [2.75, 3.05) is 7.11 Å². The van der Waals surface area contributed by atoms with Crippen LogP contribution >= 0.6 is 0 Å². The fourth-order valence-corrected chi connectivity index (χ4v) is 1.48. The third-order valence-electron chi connectivity index (χ3n) is 2.42. The van der Waals surface area contributed by atoms with Gasteiger partial charge in [0, 0.05) is 6.07 Å². The Morgan fingerprint density at radius 1 is 1.44 bits per heavy atom. The van der Waals surface area contributed by atoms with E-state index in [1.807, 2.05) is 0 Å². The monoisotopic (exact) mass is 255 g/mol. The van der Waals surface area contributed by atoms with Crippen LogP contribution < -0.4 is 0 Å². The van der Waals surface area contributed by atoms with E-state index in [-0.39, 0.29) is 11.3 Å². The molecule has 0 saturated carbocycles. The molecule has 0 aliphatic rings. The Balaban J connectivity index is 2.92. The lowest BCUT2D eigenvalue weighted by molar-refractivity contribution is -0.386. The molecule has 0 fully saturated rings. The van der Waals surface area contributed by atoms with Crippen molar-refractivity contribution in [2.45, 2.75) is 18.6 Å². The molecule has 0 aliphatic heterocycles. The van der Waals surface area contributed by atoms with Crippen molar-refractivity contribution in [3.63, 3.8) is 0 Å². The van der Waals surface area contributed by atoms with Crippen molar-refractivity contribution in [3.8, 4) is 0 Å². The number of carbonyl (C=O) groups excluding carboxylic acids is 1. The number of nitro benzene ring substituents is 1. The zero-order valence-corrected chi connectivity index (χ0v) is 9.65. The van der Waals surface area contributed by atoms with E-state index >= 15 is 0 Å². The van der Waals surface area contributed by atoms with E-state index in [1.165, 1.54) is 24.3 Å². The van der Waals surface area contributed by atoms with Crippen LogP contribution in [0.25, 0.3) is 0 Å². The first-order valence-electron chi connectivity index (χ1n) is 5.13. The van der Waals surface area contributed by atoms with Gasteiger partial charge in [0.25, 0.3) is 5.69 Å². The summed E-state index contributed by atoms with van der Waals surface area (Å²) in [6.07, 6.45) is -3.42. The Hall–Kier alpha value is -1.99. The summed E-state index contributed by atoms with van der Waals surface area (Å²) in [5, 5.41) is 30.2. The van der Waals surface area contributed by atoms with E-state index in [9.17, 15) is 25.1 Å². The Bertz CT molecular complexity index is 447. The first-order chi connectivity index (χ1) is 8.47. The normalized spacial score (nSPS) is 13.7. The number of benzene rings is 1. The summed E-state index contributed by atoms with van der Waals surface area (Å²) in [7, 11) is 1.15. The summed E-state index contributed by atoms with van der Waals surface area (Å²) in [5.74, 6) is -0.708. The Labute approximate surface area is 103 Å². The number of nitro groups is 1. The van der Waals surface area contributed by atoms with Gasteiger partial charge in [0.15, 0.2) is 0 Å². The number of methoxy groups -OCH3 is 1. The van der Waals surface area contributed by atoms with Crippen LogP contribution in [0, 0.1) is 10.1 Å². The topological polar surface area (TPSA) is 110 Å². The molecule has 1 aromatic rings. The first kappa shape index (κ1) is 14.1. The molecule has 0 heterocycles. The lowest BCUT2D eigenvalue weighted by atomic mass is 10.0. The van der Waals surface area contributed by atoms with Gasteiger partial charge in [-0.3, -0.25) is 14.9 Å². The summed E-state index contributed by atoms with van der Waals surface area (Å²) in [6, 6.07) is 5.48. The molecule has 1 aromatic carbocycles. The molecule has 0 spiro atoms. The van der Waals surface area contributed by atoms with Crippen molar-refractivity contribution in [1.29, 1.82) is 0 Å². The second-order valence-corrected chi connectivity index (χ2v) is 3.61. The molecule has 2 atom stereocenters. The highest BCUT2D eigenvalue weighted by molar-refractivity contribution is 5.69. The van der Waals surface area contributed by atoms with Crippen LogP contribution in [0.15, 0.2) is 24.3 Å². The third-order valence-corrected chi connectivity index (χ3v) is 2.42. The van der Waals surface area contributed by atoms with Gasteiger partial charge < -0.3 is 14.9 Å². The van der Waals surface area contributed by atoms with Gasteiger partial charge in [-0.2, -0.15) is 0 Å². The van der Waals surface area contributed by atoms with Gasteiger partial charge in [-0.15, -0.1) is 0 Å². The van der Waals surface area contributed by atoms with Crippen LogP contribution in [0.4, 0.5) is 5.69 Å². The highest BCUT2D eigenvalue weighted by Gasteiger charge is 2.27. The summed E-state index contributed by atoms with van der Waals surface area (Å²) in [5.41, 5.74) is -0.354. The molecule has 0 radical (unpaired) electrons. The number of hydrogen-bond donors (Lipinski definition) is 2. The van der Waals surface area contributed by atoms with Crippen LogP contribution in [0.1, 0.15) is 18.1 Å². The van der Waals surface area contributed by atoms with Gasteiger partial charge in [0.1, 0.15) is 6.10 Å². The second kappa shape index (κ2) is 6.08. The fourth-order valence-electron chi connectivity index (χ4n) is 1.48. The van der Waals surface area contributed by atoms with Crippen LogP contribution in [0.5, 0.6) is 0 Å². The number of carbonyl (C=O) groups is 1. The molecule has 98 valence electrons. The Morgan fingerprint density at radius 2 is 2.06 bits per heavy atom. The quantitative estimate of drug-likeness (QED) is 0.451. The molecule has 0 aromatic heterocycles. The third kappa shape index (κ3) is 3.25. The molecule has 1 rings (SSSR count). The van der Waals surface area contributed by atoms with Gasteiger partial charge in [-0.1, -0.05) is 12.1 Å². The molecule has 0 bridgehead atoms. The average Bonchev–Trinajstić information content (AvgIpc) is 2.37. The van der Waals surface area contributed by atoms with Gasteiger partial charge in [-0.05, 0) is 6.07 Å². The standard InChI is InChI=1S/C11H13NO6/c1-18-10(14)6-9(13)11(15)7-4-2-3-5-8(7)12(16)17/h2-5,9,11,13,15H,6H2,1H3. The number of ether oxygens (including phenoxy) is 1. The maximum atomic E-state index is 10.9. The molecule has 2 unspecified atom stereocenters. The van der Waals surface area contributed by atoms with Crippen molar-refractivity contribution < 1.29 is 24.7 Å². The lowest BCUT2D eigenvalue weighted by Crippen LogP contribution is -2.23. The second-order valence-electron chi connectivity index (χ2n) is 3.61. The molecule has 7 nitrogen and oxygen atoms in total. The molecule has 18 heavy (non-hydrogen) atoms. The van der Waals surface area contributed by atoms with Crippen molar-refractivity contribution >= 4 is 11.7 Å². The summed E-state index contributed by atoms with van der Waals surface area (Å²) >= 11 is 0. The van der Waals surface area contributed by atoms with E-state index in [0.29, 0.717) is 0 Å². The van der Waals surface area contributed by atoms with E-state index in [1.54, 1.807) is 0 Å². The average molecular weight is 255 g/mol. The molecule has 0 amide bonds. The van der Waals surface area contributed by atoms with Crippen LogP contribution in [0.3, 0.4) is 0 Å². The van der Waals surface area contributed by atoms with E-state index < -0.39 is 29.5 Å². The van der Waals surface area contributed by atoms with Crippen LogP contribution in [-0.4, -0.2) is 34.3 Å². The molecule has 0 aliphatic carbocycles. The Kier molecular flexibility index (Phi) is 4.75. The molecule has 0 saturated heterocycles. The predicted molar refractivity (Wildman–Crippen MR) is 60.7 cm³/mol. The minimum atomic E-state index is -1.52. The largest absolute Gasteiger partial charge is 0.469 e. The number of para-hydroxylation sites is 1. The van der Waals surface area contributed by atoms with Gasteiger partial charge in [0.2, 0.25) is 0 Å². The molecule has 7 heteroatoms. The molecule has 2 N–H and O–H groups in total. The SMILES string of the molecule is COC(=O)CC(O)C(O)c1ccccc1[N+](=O)[O-]. The zero-order valence-electron chi connectivity index (χ0n) is 9.65. The maximum Gasteiger partial charge on any atom is 0.308 e. The van der Waals surface area contributed by atoms with E-state index in [0.717, 1.165) is 7.11 Å². The van der Waals surface area contributed by atoms with Crippen LogP contribution in [0.2, 0.25) is 0 Å². The van der Waals surface area contributed by atoms with Crippen molar-refractivity contribution in [1.82, 2.24) is 0 Å². The number of aliphatic hydroxyl groups excluding tert-OH is 2. The smallest absolute Gasteiger partial charge is 0.308 e. The van der Waals surface area contributed by atoms with Crippen molar-refractivity contribution in [2.24, 2.45) is 0 Å². The summed E-state index contributed by atoms with van der Waals surface area (Å²) in [4.78, 5) is 21.0. The number of rotatable bonds is 5. The van der Waals surface area contributed by atoms with Gasteiger partial charge in [-0.25, -0.2) is 0 Å². The maximum absolute atomic E-state index is 10.9. The Morgan fingerprint density at radius 3 is 2.61 bits per heavy atom. The van der Waals surface area contributed by atoms with Crippen molar-refractivity contribution in [3.05, 3.63) is 39.9 Å². The minimum absolute atomic E-state index is 0.0427. The van der Waals surface area contributed by atoms with E-state index in [2.05, 4.69) is 4.74 Å².